The van der Waals surface area contributed by atoms with Crippen molar-refractivity contribution in [2.75, 3.05) is 19.8 Å². The van der Waals surface area contributed by atoms with E-state index in [-0.39, 0.29) is 29.0 Å². The van der Waals surface area contributed by atoms with Gasteiger partial charge in [0.25, 0.3) is 5.91 Å². The van der Waals surface area contributed by atoms with Crippen LogP contribution in [0.3, 0.4) is 0 Å². The van der Waals surface area contributed by atoms with E-state index in [1.54, 1.807) is 13.8 Å². The molecule has 0 saturated carbocycles. The molecular formula is C18H26N2O6S. The standard InChI is InChI=1S/C18H26N2O6S/c1-12(2)20-27(24,25)15-5-3-4-14(10-15)17(21)19-11-16(18(22)23)13-6-8-26-9-7-13/h3-5,10,12-13,16,20H,6-9,11H2,1-2H3,(H,19,21)(H,22,23). The number of benzene rings is 1. The van der Waals surface area contributed by atoms with Gasteiger partial charge in [0.2, 0.25) is 10.0 Å². The van der Waals surface area contributed by atoms with Crippen LogP contribution < -0.4 is 10.0 Å². The summed E-state index contributed by atoms with van der Waals surface area (Å²) in [6, 6.07) is 5.39. The molecule has 27 heavy (non-hydrogen) atoms. The van der Waals surface area contributed by atoms with Gasteiger partial charge in [-0.25, -0.2) is 13.1 Å². The molecule has 0 spiro atoms. The van der Waals surface area contributed by atoms with Crippen LogP contribution in [0.2, 0.25) is 0 Å². The summed E-state index contributed by atoms with van der Waals surface area (Å²) in [7, 11) is -3.72. The fourth-order valence-corrected chi connectivity index (χ4v) is 4.36. The molecule has 9 heteroatoms. The number of nitrogens with one attached hydrogen (secondary N) is 2. The van der Waals surface area contributed by atoms with E-state index >= 15 is 0 Å². The lowest BCUT2D eigenvalue weighted by molar-refractivity contribution is -0.144. The number of rotatable bonds is 8. The molecule has 0 bridgehead atoms. The minimum absolute atomic E-state index is 0.0111. The highest BCUT2D eigenvalue weighted by Crippen LogP contribution is 2.24. The molecule has 0 aliphatic carbocycles. The summed E-state index contributed by atoms with van der Waals surface area (Å²) < 4.78 is 32.2. The van der Waals surface area contributed by atoms with Crippen molar-refractivity contribution in [2.24, 2.45) is 11.8 Å². The highest BCUT2D eigenvalue weighted by molar-refractivity contribution is 7.89. The second-order valence-corrected chi connectivity index (χ2v) is 8.62. The molecule has 150 valence electrons. The van der Waals surface area contributed by atoms with Crippen LogP contribution in [0.15, 0.2) is 29.2 Å². The molecule has 1 heterocycles. The molecule has 1 unspecified atom stereocenters. The average molecular weight is 398 g/mol. The molecule has 1 amide bonds. The monoisotopic (exact) mass is 398 g/mol. The number of sulfonamides is 1. The first-order chi connectivity index (χ1) is 12.7. The molecule has 3 N–H and O–H groups in total. The minimum Gasteiger partial charge on any atom is -0.481 e. The predicted octanol–water partition coefficient (Wildman–Crippen LogP) is 1.23. The molecule has 8 nitrogen and oxygen atoms in total. The minimum atomic E-state index is -3.72. The summed E-state index contributed by atoms with van der Waals surface area (Å²) in [4.78, 5) is 24.0. The van der Waals surface area contributed by atoms with Gasteiger partial charge in [0.1, 0.15) is 0 Å². The quantitative estimate of drug-likeness (QED) is 0.605. The third-order valence-electron chi connectivity index (χ3n) is 4.43. The van der Waals surface area contributed by atoms with Gasteiger partial charge in [0.15, 0.2) is 0 Å². The van der Waals surface area contributed by atoms with Crippen LogP contribution in [0.1, 0.15) is 37.0 Å². The van der Waals surface area contributed by atoms with E-state index in [1.807, 2.05) is 0 Å². The molecule has 1 aromatic carbocycles. The van der Waals surface area contributed by atoms with Gasteiger partial charge < -0.3 is 15.2 Å². The largest absolute Gasteiger partial charge is 0.481 e. The van der Waals surface area contributed by atoms with Gasteiger partial charge >= 0.3 is 5.97 Å². The van der Waals surface area contributed by atoms with Crippen molar-refractivity contribution in [2.45, 2.75) is 37.6 Å². The van der Waals surface area contributed by atoms with E-state index < -0.39 is 27.8 Å². The zero-order chi connectivity index (χ0) is 20.0. The van der Waals surface area contributed by atoms with Gasteiger partial charge in [-0.3, -0.25) is 9.59 Å². The van der Waals surface area contributed by atoms with Gasteiger partial charge in [-0.2, -0.15) is 0 Å². The molecule has 1 aliphatic heterocycles. The summed E-state index contributed by atoms with van der Waals surface area (Å²) in [6.45, 7) is 4.43. The first-order valence-corrected chi connectivity index (χ1v) is 10.4. The Morgan fingerprint density at radius 2 is 1.93 bits per heavy atom. The Morgan fingerprint density at radius 3 is 2.52 bits per heavy atom. The number of hydrogen-bond donors (Lipinski definition) is 3. The number of aliphatic carboxylic acids is 1. The number of hydrogen-bond acceptors (Lipinski definition) is 5. The van der Waals surface area contributed by atoms with Crippen LogP contribution in [0.25, 0.3) is 0 Å². The SMILES string of the molecule is CC(C)NS(=O)(=O)c1cccc(C(=O)NCC(C(=O)O)C2CCOCC2)c1. The van der Waals surface area contributed by atoms with Crippen molar-refractivity contribution in [3.63, 3.8) is 0 Å². The zero-order valence-electron chi connectivity index (χ0n) is 15.5. The number of carbonyl (C=O) groups excluding carboxylic acids is 1. The Balaban J connectivity index is 2.07. The van der Waals surface area contributed by atoms with Gasteiger partial charge in [0, 0.05) is 31.4 Å². The second kappa shape index (κ2) is 9.29. The van der Waals surface area contributed by atoms with E-state index in [0.717, 1.165) is 0 Å². The normalized spacial score (nSPS) is 16.9. The lowest BCUT2D eigenvalue weighted by Crippen LogP contribution is -2.39. The third-order valence-corrected chi connectivity index (χ3v) is 6.09. The van der Waals surface area contributed by atoms with Crippen molar-refractivity contribution in [3.05, 3.63) is 29.8 Å². The maximum atomic E-state index is 12.4. The zero-order valence-corrected chi connectivity index (χ0v) is 16.3. The number of carboxylic acids is 1. The highest BCUT2D eigenvalue weighted by atomic mass is 32.2. The lowest BCUT2D eigenvalue weighted by Gasteiger charge is -2.27. The Labute approximate surface area is 159 Å². The summed E-state index contributed by atoms with van der Waals surface area (Å²) in [5.74, 6) is -2.22. The van der Waals surface area contributed by atoms with E-state index in [1.165, 1.54) is 24.3 Å². The van der Waals surface area contributed by atoms with Crippen LogP contribution in [0.4, 0.5) is 0 Å². The Kier molecular flexibility index (Phi) is 7.34. The number of carboxylic acid groups (broad SMARTS) is 1. The molecule has 1 fully saturated rings. The van der Waals surface area contributed by atoms with Gasteiger partial charge in [-0.15, -0.1) is 0 Å². The van der Waals surface area contributed by atoms with Crippen molar-refractivity contribution < 1.29 is 27.9 Å². The topological polar surface area (TPSA) is 122 Å². The van der Waals surface area contributed by atoms with E-state index in [4.69, 9.17) is 4.74 Å². The average Bonchev–Trinajstić information content (AvgIpc) is 2.61. The van der Waals surface area contributed by atoms with Gasteiger partial charge in [-0.05, 0) is 50.8 Å². The molecule has 2 rings (SSSR count). The lowest BCUT2D eigenvalue weighted by atomic mass is 9.86. The number of amides is 1. The molecule has 0 radical (unpaired) electrons. The molecular weight excluding hydrogens is 372 g/mol. The van der Waals surface area contributed by atoms with E-state index in [2.05, 4.69) is 10.0 Å². The summed E-state index contributed by atoms with van der Waals surface area (Å²) in [5, 5.41) is 12.1. The summed E-state index contributed by atoms with van der Waals surface area (Å²) in [5.41, 5.74) is 0.165. The Morgan fingerprint density at radius 1 is 1.26 bits per heavy atom. The molecule has 1 atom stereocenters. The van der Waals surface area contributed by atoms with Crippen molar-refractivity contribution in [1.29, 1.82) is 0 Å². The first-order valence-electron chi connectivity index (χ1n) is 8.92. The maximum absolute atomic E-state index is 12.4. The molecule has 0 aromatic heterocycles. The van der Waals surface area contributed by atoms with Crippen LogP contribution in [-0.2, 0) is 19.6 Å². The van der Waals surface area contributed by atoms with Crippen molar-refractivity contribution in [3.8, 4) is 0 Å². The fraction of sp³-hybridized carbons (Fsp3) is 0.556. The van der Waals surface area contributed by atoms with Crippen LogP contribution in [0.5, 0.6) is 0 Å². The van der Waals surface area contributed by atoms with Gasteiger partial charge in [-0.1, -0.05) is 6.07 Å². The predicted molar refractivity (Wildman–Crippen MR) is 98.9 cm³/mol. The van der Waals surface area contributed by atoms with Gasteiger partial charge in [0.05, 0.1) is 10.8 Å². The molecule has 1 aliphatic rings. The van der Waals surface area contributed by atoms with E-state index in [0.29, 0.717) is 26.1 Å². The Hall–Kier alpha value is -1.97. The summed E-state index contributed by atoms with van der Waals surface area (Å²) in [6.07, 6.45) is 1.28. The maximum Gasteiger partial charge on any atom is 0.308 e. The molecule has 1 saturated heterocycles. The second-order valence-electron chi connectivity index (χ2n) is 6.91. The number of ether oxygens (including phenoxy) is 1. The van der Waals surface area contributed by atoms with Crippen LogP contribution >= 0.6 is 0 Å². The molecule has 1 aromatic rings. The van der Waals surface area contributed by atoms with Crippen molar-refractivity contribution >= 4 is 21.9 Å². The smallest absolute Gasteiger partial charge is 0.308 e. The van der Waals surface area contributed by atoms with E-state index in [9.17, 15) is 23.1 Å². The van der Waals surface area contributed by atoms with Crippen LogP contribution in [-0.4, -0.2) is 51.2 Å². The Bertz CT molecular complexity index is 772. The first kappa shape index (κ1) is 21.3. The third kappa shape index (κ3) is 6.02. The van der Waals surface area contributed by atoms with Crippen LogP contribution in [0, 0.1) is 11.8 Å². The fourth-order valence-electron chi connectivity index (χ4n) is 3.06. The van der Waals surface area contributed by atoms with Crippen molar-refractivity contribution in [1.82, 2.24) is 10.0 Å². The summed E-state index contributed by atoms with van der Waals surface area (Å²) >= 11 is 0. The number of carbonyl (C=O) groups is 2. The highest BCUT2D eigenvalue weighted by Gasteiger charge is 2.30.